The highest BCUT2D eigenvalue weighted by atomic mass is 35.5. The molecule has 2 aromatic rings. The predicted molar refractivity (Wildman–Crippen MR) is 84.1 cm³/mol. The van der Waals surface area contributed by atoms with Gasteiger partial charge in [0.15, 0.2) is 0 Å². The molecule has 0 aromatic heterocycles. The largest absolute Gasteiger partial charge is 0.872 e. The molecule has 0 radical (unpaired) electrons. The Labute approximate surface area is 140 Å². The molecule has 1 amide bonds. The van der Waals surface area contributed by atoms with Crippen LogP contribution >= 0.6 is 23.2 Å². The van der Waals surface area contributed by atoms with E-state index in [0.29, 0.717) is 5.02 Å². The summed E-state index contributed by atoms with van der Waals surface area (Å²) in [7, 11) is 0. The third-order valence-corrected chi connectivity index (χ3v) is 3.31. The van der Waals surface area contributed by atoms with E-state index in [1.54, 1.807) is 0 Å². The Morgan fingerprint density at radius 1 is 1.22 bits per heavy atom. The van der Waals surface area contributed by atoms with Gasteiger partial charge in [0.25, 0.3) is 11.6 Å². The van der Waals surface area contributed by atoms with Crippen molar-refractivity contribution in [3.8, 4) is 5.75 Å². The van der Waals surface area contributed by atoms with Gasteiger partial charge >= 0.3 is 0 Å². The Hall–Kier alpha value is -2.64. The molecule has 0 bridgehead atoms. The molecule has 9 heteroatoms. The molecule has 7 nitrogen and oxygen atoms in total. The number of benzene rings is 2. The predicted octanol–water partition coefficient (Wildman–Crippen LogP) is 2.74. The number of carbonyl (C=O) groups excluding carboxylic acids is 1. The van der Waals surface area contributed by atoms with E-state index in [1.807, 2.05) is 0 Å². The number of hydrogen-bond donors (Lipinski definition) is 1. The van der Waals surface area contributed by atoms with Crippen LogP contribution in [-0.4, -0.2) is 17.0 Å². The number of nitro groups is 1. The molecule has 0 unspecified atom stereocenters. The van der Waals surface area contributed by atoms with Crippen molar-refractivity contribution in [3.63, 3.8) is 0 Å². The molecule has 0 aliphatic rings. The van der Waals surface area contributed by atoms with E-state index < -0.39 is 16.6 Å². The lowest BCUT2D eigenvalue weighted by Gasteiger charge is -2.08. The summed E-state index contributed by atoms with van der Waals surface area (Å²) in [6.07, 6.45) is 1.02. The molecule has 1 N–H and O–H groups in total. The summed E-state index contributed by atoms with van der Waals surface area (Å²) in [6.45, 7) is 0. The lowest BCUT2D eigenvalue weighted by Crippen LogP contribution is -2.18. The summed E-state index contributed by atoms with van der Waals surface area (Å²) in [5.74, 6) is -1.10. The smallest absolute Gasteiger partial charge is 0.272 e. The zero-order chi connectivity index (χ0) is 17.0. The monoisotopic (exact) mass is 352 g/mol. The molecular formula is C14H8Cl2N3O4-. The molecule has 0 spiro atoms. The minimum atomic E-state index is -0.638. The fraction of sp³-hybridized carbons (Fsp3) is 0. The molecule has 0 saturated heterocycles. The van der Waals surface area contributed by atoms with Gasteiger partial charge in [-0.2, -0.15) is 5.10 Å². The first-order chi connectivity index (χ1) is 10.9. The van der Waals surface area contributed by atoms with E-state index >= 15 is 0 Å². The topological polar surface area (TPSA) is 108 Å². The van der Waals surface area contributed by atoms with Crippen molar-refractivity contribution in [1.82, 2.24) is 5.43 Å². The number of amides is 1. The summed E-state index contributed by atoms with van der Waals surface area (Å²) >= 11 is 11.6. The molecule has 0 heterocycles. The number of halogens is 2. The maximum atomic E-state index is 11.9. The summed E-state index contributed by atoms with van der Waals surface area (Å²) < 4.78 is 0. The molecule has 0 aliphatic heterocycles. The number of nitrogens with one attached hydrogen (secondary N) is 1. The van der Waals surface area contributed by atoms with Gasteiger partial charge in [0.2, 0.25) is 0 Å². The van der Waals surface area contributed by atoms with E-state index in [1.165, 1.54) is 18.2 Å². The Morgan fingerprint density at radius 2 is 1.96 bits per heavy atom. The second-order valence-electron chi connectivity index (χ2n) is 4.30. The van der Waals surface area contributed by atoms with Crippen LogP contribution in [0.2, 0.25) is 10.0 Å². The number of hydrogen-bond acceptors (Lipinski definition) is 5. The van der Waals surface area contributed by atoms with Gasteiger partial charge in [-0.25, -0.2) is 5.43 Å². The van der Waals surface area contributed by atoms with Gasteiger partial charge in [0.1, 0.15) is 0 Å². The molecule has 0 fully saturated rings. The van der Waals surface area contributed by atoms with Crippen molar-refractivity contribution in [1.29, 1.82) is 0 Å². The number of rotatable bonds is 4. The van der Waals surface area contributed by atoms with Gasteiger partial charge < -0.3 is 5.11 Å². The lowest BCUT2D eigenvalue weighted by atomic mass is 10.2. The van der Waals surface area contributed by atoms with Crippen molar-refractivity contribution in [2.75, 3.05) is 0 Å². The van der Waals surface area contributed by atoms with Gasteiger partial charge in [0.05, 0.1) is 21.7 Å². The Bertz CT molecular complexity index is 809. The number of carbonyl (C=O) groups is 1. The van der Waals surface area contributed by atoms with Gasteiger partial charge in [-0.05, 0) is 23.8 Å². The van der Waals surface area contributed by atoms with Crippen molar-refractivity contribution in [2.45, 2.75) is 0 Å². The SMILES string of the molecule is O=C(N/N=C\c1cc([N+](=O)[O-])ccc1[O-])c1cc(Cl)ccc1Cl. The zero-order valence-corrected chi connectivity index (χ0v) is 12.8. The maximum Gasteiger partial charge on any atom is 0.272 e. The molecule has 2 rings (SSSR count). The van der Waals surface area contributed by atoms with Crippen LogP contribution in [-0.2, 0) is 0 Å². The van der Waals surface area contributed by atoms with E-state index in [0.717, 1.165) is 24.4 Å². The second kappa shape index (κ2) is 7.08. The van der Waals surface area contributed by atoms with Crippen LogP contribution in [0.4, 0.5) is 5.69 Å². The average Bonchev–Trinajstić information content (AvgIpc) is 2.51. The minimum Gasteiger partial charge on any atom is -0.872 e. The molecule has 0 atom stereocenters. The van der Waals surface area contributed by atoms with E-state index in [2.05, 4.69) is 10.5 Å². The quantitative estimate of drug-likeness (QED) is 0.518. The van der Waals surface area contributed by atoms with Crippen LogP contribution in [0.3, 0.4) is 0 Å². The van der Waals surface area contributed by atoms with Crippen LogP contribution in [0.1, 0.15) is 15.9 Å². The first-order valence-corrected chi connectivity index (χ1v) is 6.88. The van der Waals surface area contributed by atoms with Gasteiger partial charge in [-0.1, -0.05) is 35.0 Å². The number of nitro benzene ring substituents is 1. The van der Waals surface area contributed by atoms with Crippen LogP contribution < -0.4 is 10.5 Å². The van der Waals surface area contributed by atoms with E-state index in [4.69, 9.17) is 23.2 Å². The summed E-state index contributed by atoms with van der Waals surface area (Å²) in [5, 5.41) is 26.3. The zero-order valence-electron chi connectivity index (χ0n) is 11.3. The highest BCUT2D eigenvalue weighted by Crippen LogP contribution is 2.21. The lowest BCUT2D eigenvalue weighted by molar-refractivity contribution is -0.385. The third-order valence-electron chi connectivity index (χ3n) is 2.75. The van der Waals surface area contributed by atoms with Crippen molar-refractivity contribution in [2.24, 2.45) is 5.10 Å². The molecule has 0 aliphatic carbocycles. The second-order valence-corrected chi connectivity index (χ2v) is 5.15. The standard InChI is InChI=1S/C14H9Cl2N3O4/c15-9-1-3-12(16)11(6-9)14(21)18-17-7-8-5-10(19(22)23)2-4-13(8)20/h1-7,20H,(H,18,21)/p-1/b17-7-. The number of hydrazone groups is 1. The normalized spacial score (nSPS) is 10.7. The summed E-state index contributed by atoms with van der Waals surface area (Å²) in [5.41, 5.74) is 1.99. The molecule has 2 aromatic carbocycles. The summed E-state index contributed by atoms with van der Waals surface area (Å²) in [6, 6.07) is 7.54. The molecule has 23 heavy (non-hydrogen) atoms. The van der Waals surface area contributed by atoms with Gasteiger partial charge in [-0.15, -0.1) is 0 Å². The Morgan fingerprint density at radius 3 is 2.65 bits per heavy atom. The first-order valence-electron chi connectivity index (χ1n) is 6.12. The fourth-order valence-corrected chi connectivity index (χ4v) is 2.02. The van der Waals surface area contributed by atoms with Crippen LogP contribution in [0.5, 0.6) is 5.75 Å². The van der Waals surface area contributed by atoms with Crippen LogP contribution in [0.15, 0.2) is 41.5 Å². The van der Waals surface area contributed by atoms with E-state index in [9.17, 15) is 20.0 Å². The Balaban J connectivity index is 2.15. The van der Waals surface area contributed by atoms with Crippen molar-refractivity contribution < 1.29 is 14.8 Å². The number of nitrogens with zero attached hydrogens (tertiary/aromatic N) is 2. The van der Waals surface area contributed by atoms with Crippen LogP contribution in [0.25, 0.3) is 0 Å². The number of non-ortho nitro benzene ring substituents is 1. The highest BCUT2D eigenvalue weighted by molar-refractivity contribution is 6.35. The highest BCUT2D eigenvalue weighted by Gasteiger charge is 2.10. The molecule has 0 saturated carbocycles. The van der Waals surface area contributed by atoms with E-state index in [-0.39, 0.29) is 21.8 Å². The fourth-order valence-electron chi connectivity index (χ4n) is 1.64. The third kappa shape index (κ3) is 4.18. The molecule has 118 valence electrons. The van der Waals surface area contributed by atoms with Gasteiger partial charge in [-0.3, -0.25) is 14.9 Å². The molecular weight excluding hydrogens is 345 g/mol. The summed E-state index contributed by atoms with van der Waals surface area (Å²) in [4.78, 5) is 21.9. The van der Waals surface area contributed by atoms with Crippen molar-refractivity contribution >= 4 is 41.0 Å². The average molecular weight is 353 g/mol. The maximum absolute atomic E-state index is 11.9. The van der Waals surface area contributed by atoms with Crippen molar-refractivity contribution in [3.05, 3.63) is 67.7 Å². The Kier molecular flexibility index (Phi) is 5.15. The van der Waals surface area contributed by atoms with Gasteiger partial charge in [0, 0.05) is 17.2 Å². The van der Waals surface area contributed by atoms with Crippen LogP contribution in [0, 0.1) is 10.1 Å². The minimum absolute atomic E-state index is 0.0308. The first kappa shape index (κ1) is 16.7.